The number of carbonyl (C=O) groups excluding carboxylic acids is 1. The summed E-state index contributed by atoms with van der Waals surface area (Å²) >= 11 is 9.19. The van der Waals surface area contributed by atoms with Crippen LogP contribution in [-0.2, 0) is 4.79 Å². The van der Waals surface area contributed by atoms with Gasteiger partial charge in [-0.25, -0.2) is 0 Å². The Labute approximate surface area is 136 Å². The van der Waals surface area contributed by atoms with E-state index < -0.39 is 6.10 Å². The number of carbonyl (C=O) groups is 1. The number of amides is 1. The number of benzene rings is 2. The number of rotatable bonds is 4. The predicted molar refractivity (Wildman–Crippen MR) is 88.7 cm³/mol. The van der Waals surface area contributed by atoms with Crippen molar-refractivity contribution in [3.8, 4) is 5.75 Å². The van der Waals surface area contributed by atoms with Gasteiger partial charge in [-0.1, -0.05) is 23.7 Å². The van der Waals surface area contributed by atoms with Crippen molar-refractivity contribution in [2.24, 2.45) is 0 Å². The minimum atomic E-state index is -0.668. The van der Waals surface area contributed by atoms with E-state index in [4.69, 9.17) is 22.1 Å². The molecule has 0 bridgehead atoms. The molecular weight excluding hydrogens is 356 g/mol. The maximum Gasteiger partial charge on any atom is 0.265 e. The minimum absolute atomic E-state index is 0.292. The number of hydrogen-bond donors (Lipinski definition) is 2. The molecule has 0 aliphatic carbocycles. The number of hydrogen-bond acceptors (Lipinski definition) is 3. The average molecular weight is 370 g/mol. The molecule has 1 atom stereocenters. The molecule has 0 saturated carbocycles. The first-order valence-electron chi connectivity index (χ1n) is 6.24. The normalized spacial score (nSPS) is 11.8. The van der Waals surface area contributed by atoms with Crippen molar-refractivity contribution in [1.82, 2.24) is 0 Å². The second-order valence-electron chi connectivity index (χ2n) is 4.41. The van der Waals surface area contributed by atoms with E-state index in [9.17, 15) is 4.79 Å². The SMILES string of the molecule is CC(Oc1ccccc1Br)C(=O)Nc1ccc(Cl)cc1N. The smallest absolute Gasteiger partial charge is 0.265 e. The summed E-state index contributed by atoms with van der Waals surface area (Å²) in [5.74, 6) is 0.309. The zero-order valence-electron chi connectivity index (χ0n) is 11.3. The standard InChI is InChI=1S/C15H14BrClN2O2/c1-9(21-14-5-3-2-4-11(14)16)15(20)19-13-7-6-10(17)8-12(13)18/h2-9H,18H2,1H3,(H,19,20). The lowest BCUT2D eigenvalue weighted by atomic mass is 10.2. The van der Waals surface area contributed by atoms with E-state index >= 15 is 0 Å². The Kier molecular flexibility index (Phi) is 5.09. The number of anilines is 2. The van der Waals surface area contributed by atoms with Crippen LogP contribution in [0.25, 0.3) is 0 Å². The van der Waals surface area contributed by atoms with Crippen LogP contribution in [0.1, 0.15) is 6.92 Å². The van der Waals surface area contributed by atoms with Gasteiger partial charge in [0.15, 0.2) is 6.10 Å². The second kappa shape index (κ2) is 6.83. The Morgan fingerprint density at radius 2 is 2.05 bits per heavy atom. The lowest BCUT2D eigenvalue weighted by Crippen LogP contribution is -2.30. The Balaban J connectivity index is 2.04. The molecule has 2 aromatic rings. The second-order valence-corrected chi connectivity index (χ2v) is 5.70. The van der Waals surface area contributed by atoms with Crippen molar-refractivity contribution >= 4 is 44.8 Å². The Morgan fingerprint density at radius 3 is 2.71 bits per heavy atom. The molecule has 0 radical (unpaired) electrons. The molecule has 6 heteroatoms. The molecule has 110 valence electrons. The lowest BCUT2D eigenvalue weighted by molar-refractivity contribution is -0.122. The Hall–Kier alpha value is -1.72. The highest BCUT2D eigenvalue weighted by molar-refractivity contribution is 9.10. The van der Waals surface area contributed by atoms with Gasteiger partial charge in [0.2, 0.25) is 0 Å². The number of nitrogens with two attached hydrogens (primary N) is 1. The maximum atomic E-state index is 12.1. The number of nitrogen functional groups attached to an aromatic ring is 1. The van der Waals surface area contributed by atoms with Gasteiger partial charge in [-0.3, -0.25) is 4.79 Å². The first-order valence-corrected chi connectivity index (χ1v) is 7.41. The molecule has 0 spiro atoms. The highest BCUT2D eigenvalue weighted by Crippen LogP contribution is 2.26. The summed E-state index contributed by atoms with van der Waals surface area (Å²) in [4.78, 5) is 12.1. The Bertz CT molecular complexity index is 664. The molecule has 4 nitrogen and oxygen atoms in total. The fraction of sp³-hybridized carbons (Fsp3) is 0.133. The van der Waals surface area contributed by atoms with E-state index in [2.05, 4.69) is 21.2 Å². The molecule has 2 rings (SSSR count). The van der Waals surface area contributed by atoms with Gasteiger partial charge in [0.25, 0.3) is 5.91 Å². The summed E-state index contributed by atoms with van der Waals surface area (Å²) in [5, 5.41) is 3.23. The third-order valence-corrected chi connectivity index (χ3v) is 3.67. The van der Waals surface area contributed by atoms with Crippen LogP contribution >= 0.6 is 27.5 Å². The summed E-state index contributed by atoms with van der Waals surface area (Å²) in [6.07, 6.45) is -0.668. The van der Waals surface area contributed by atoms with Gasteiger partial charge in [-0.2, -0.15) is 0 Å². The molecular formula is C15H14BrClN2O2. The quantitative estimate of drug-likeness (QED) is 0.798. The fourth-order valence-corrected chi connectivity index (χ4v) is 2.22. The van der Waals surface area contributed by atoms with E-state index in [1.807, 2.05) is 18.2 Å². The van der Waals surface area contributed by atoms with Crippen LogP contribution in [0.3, 0.4) is 0 Å². The van der Waals surface area contributed by atoms with E-state index in [1.54, 1.807) is 31.2 Å². The maximum absolute atomic E-state index is 12.1. The van der Waals surface area contributed by atoms with Crippen molar-refractivity contribution in [3.63, 3.8) is 0 Å². The summed E-state index contributed by atoms with van der Waals surface area (Å²) in [7, 11) is 0. The first kappa shape index (κ1) is 15.7. The van der Waals surface area contributed by atoms with Crippen LogP contribution in [0.15, 0.2) is 46.9 Å². The molecule has 21 heavy (non-hydrogen) atoms. The zero-order chi connectivity index (χ0) is 15.4. The van der Waals surface area contributed by atoms with Crippen LogP contribution in [0.4, 0.5) is 11.4 Å². The van der Waals surface area contributed by atoms with Crippen molar-refractivity contribution in [2.45, 2.75) is 13.0 Å². The number of para-hydroxylation sites is 1. The molecule has 0 aromatic heterocycles. The summed E-state index contributed by atoms with van der Waals surface area (Å²) < 4.78 is 6.40. The largest absolute Gasteiger partial charge is 0.480 e. The molecule has 0 aliphatic rings. The van der Waals surface area contributed by atoms with Gasteiger partial charge in [-0.05, 0) is 53.2 Å². The molecule has 2 aromatic carbocycles. The van der Waals surface area contributed by atoms with E-state index in [0.29, 0.717) is 22.1 Å². The third-order valence-electron chi connectivity index (χ3n) is 2.78. The average Bonchev–Trinajstić information content (AvgIpc) is 2.44. The fourth-order valence-electron chi connectivity index (χ4n) is 1.67. The van der Waals surface area contributed by atoms with Crippen molar-refractivity contribution < 1.29 is 9.53 Å². The van der Waals surface area contributed by atoms with Gasteiger partial charge in [0.05, 0.1) is 15.8 Å². The van der Waals surface area contributed by atoms with E-state index in [0.717, 1.165) is 4.47 Å². The van der Waals surface area contributed by atoms with Crippen LogP contribution in [0.5, 0.6) is 5.75 Å². The first-order chi connectivity index (χ1) is 9.97. The molecule has 0 aliphatic heterocycles. The molecule has 0 fully saturated rings. The topological polar surface area (TPSA) is 64.3 Å². The number of halogens is 2. The van der Waals surface area contributed by atoms with E-state index in [-0.39, 0.29) is 5.91 Å². The lowest BCUT2D eigenvalue weighted by Gasteiger charge is -2.16. The summed E-state index contributed by atoms with van der Waals surface area (Å²) in [6, 6.07) is 12.2. The van der Waals surface area contributed by atoms with Gasteiger partial charge >= 0.3 is 0 Å². The van der Waals surface area contributed by atoms with Gasteiger partial charge in [-0.15, -0.1) is 0 Å². The highest BCUT2D eigenvalue weighted by atomic mass is 79.9. The predicted octanol–water partition coefficient (Wildman–Crippen LogP) is 4.09. The van der Waals surface area contributed by atoms with Crippen molar-refractivity contribution in [3.05, 3.63) is 52.0 Å². The summed E-state index contributed by atoms with van der Waals surface area (Å²) in [6.45, 7) is 1.67. The van der Waals surface area contributed by atoms with Crippen LogP contribution < -0.4 is 15.8 Å². The van der Waals surface area contributed by atoms with Crippen molar-refractivity contribution in [1.29, 1.82) is 0 Å². The van der Waals surface area contributed by atoms with Gasteiger partial charge in [0, 0.05) is 5.02 Å². The zero-order valence-corrected chi connectivity index (χ0v) is 13.6. The number of nitrogens with one attached hydrogen (secondary N) is 1. The highest BCUT2D eigenvalue weighted by Gasteiger charge is 2.17. The third kappa shape index (κ3) is 4.12. The number of ether oxygens (including phenoxy) is 1. The Morgan fingerprint density at radius 1 is 1.33 bits per heavy atom. The molecule has 0 saturated heterocycles. The van der Waals surface area contributed by atoms with Crippen molar-refractivity contribution in [2.75, 3.05) is 11.1 Å². The monoisotopic (exact) mass is 368 g/mol. The van der Waals surface area contributed by atoms with Crippen LogP contribution in [-0.4, -0.2) is 12.0 Å². The van der Waals surface area contributed by atoms with Gasteiger partial charge < -0.3 is 15.8 Å². The molecule has 1 amide bonds. The van der Waals surface area contributed by atoms with Crippen LogP contribution in [0, 0.1) is 0 Å². The van der Waals surface area contributed by atoms with Gasteiger partial charge in [0.1, 0.15) is 5.75 Å². The molecule has 1 unspecified atom stereocenters. The van der Waals surface area contributed by atoms with Crippen LogP contribution in [0.2, 0.25) is 5.02 Å². The molecule has 3 N–H and O–H groups in total. The minimum Gasteiger partial charge on any atom is -0.480 e. The molecule has 0 heterocycles. The van der Waals surface area contributed by atoms with E-state index in [1.165, 1.54) is 0 Å². The summed E-state index contributed by atoms with van der Waals surface area (Å²) in [5.41, 5.74) is 6.71.